The Bertz CT molecular complexity index is 239. The van der Waals surface area contributed by atoms with Crippen LogP contribution in [-0.2, 0) is 17.5 Å². The van der Waals surface area contributed by atoms with E-state index in [4.69, 9.17) is 9.56 Å². The van der Waals surface area contributed by atoms with Crippen molar-refractivity contribution in [3.8, 4) is 0 Å². The second-order valence-corrected chi connectivity index (χ2v) is 7.98. The molecule has 0 saturated carbocycles. The largest absolute Gasteiger partial charge is 0.241 e. The van der Waals surface area contributed by atoms with Crippen LogP contribution in [0.2, 0.25) is 0 Å². The van der Waals surface area contributed by atoms with E-state index in [-0.39, 0.29) is 5.08 Å². The monoisotopic (exact) mass is 140 g/mol. The van der Waals surface area contributed by atoms with Crippen molar-refractivity contribution in [1.29, 1.82) is 9.56 Å². The second-order valence-electron chi connectivity index (χ2n) is 1.35. The number of nitrogens with one attached hydrogen (secondary N) is 2. The summed E-state index contributed by atoms with van der Waals surface area (Å²) in [6, 6.07) is 0. The van der Waals surface area contributed by atoms with Crippen LogP contribution in [-0.4, -0.2) is 13.5 Å². The molecule has 6 heteroatoms. The highest BCUT2D eigenvalue weighted by molar-refractivity contribution is 8.83. The van der Waals surface area contributed by atoms with Gasteiger partial charge in [-0.1, -0.05) is 0 Å². The smallest absolute Gasteiger partial charge is 0.146 e. The standard InChI is InChI=1S/CH4N2O2S2/c2-6(4)1-7(6,3)5/h2-3H,1H2. The SMILES string of the molecule is N=S1(=O)CS1(=N)=O. The predicted molar refractivity (Wildman–Crippen MR) is 26.6 cm³/mol. The minimum atomic E-state index is -2.90. The van der Waals surface area contributed by atoms with Crippen molar-refractivity contribution in [2.45, 2.75) is 0 Å². The third-order valence-electron chi connectivity index (χ3n) is 0.683. The Morgan fingerprint density at radius 2 is 1.29 bits per heavy atom. The minimum absolute atomic E-state index is 0.208. The van der Waals surface area contributed by atoms with Crippen LogP contribution in [0.3, 0.4) is 0 Å². The van der Waals surface area contributed by atoms with E-state index < -0.39 is 17.5 Å². The molecule has 7 heavy (non-hydrogen) atoms. The zero-order valence-electron chi connectivity index (χ0n) is 3.34. The lowest BCUT2D eigenvalue weighted by Crippen LogP contribution is -1.66. The molecule has 0 aromatic rings. The maximum absolute atomic E-state index is 10.2. The van der Waals surface area contributed by atoms with Gasteiger partial charge in [0.1, 0.15) is 22.6 Å². The number of hydrogen-bond donors (Lipinski definition) is 2. The fourth-order valence-corrected chi connectivity index (χ4v) is 3.23. The first kappa shape index (κ1) is 5.04. The molecule has 4 nitrogen and oxygen atoms in total. The molecule has 1 rings (SSSR count). The Morgan fingerprint density at radius 1 is 1.14 bits per heavy atom. The Labute approximate surface area is 41.3 Å². The molecule has 2 atom stereocenters. The highest BCUT2D eigenvalue weighted by atomic mass is 33.2. The van der Waals surface area contributed by atoms with Crippen molar-refractivity contribution in [3.05, 3.63) is 0 Å². The number of hydrogen-bond acceptors (Lipinski definition) is 4. The molecule has 1 aliphatic rings. The van der Waals surface area contributed by atoms with Gasteiger partial charge in [-0.2, -0.15) is 0 Å². The normalized spacial score (nSPS) is 59.4. The number of rotatable bonds is 0. The molecule has 0 aromatic carbocycles. The Hall–Kier alpha value is -0.100. The Morgan fingerprint density at radius 3 is 1.29 bits per heavy atom. The van der Waals surface area contributed by atoms with E-state index in [1.54, 1.807) is 0 Å². The molecular weight excluding hydrogens is 136 g/mol. The van der Waals surface area contributed by atoms with Crippen molar-refractivity contribution in [1.82, 2.24) is 0 Å². The Balaban J connectivity index is 3.55. The van der Waals surface area contributed by atoms with Crippen LogP contribution in [0.15, 0.2) is 0 Å². The molecular formula is CH4N2O2S2. The molecule has 1 saturated heterocycles. The van der Waals surface area contributed by atoms with E-state index in [1.165, 1.54) is 0 Å². The third-order valence-corrected chi connectivity index (χ3v) is 6.15. The van der Waals surface area contributed by atoms with Crippen molar-refractivity contribution in [2.75, 3.05) is 5.08 Å². The molecule has 0 amide bonds. The zero-order chi connectivity index (χ0) is 5.71. The van der Waals surface area contributed by atoms with Crippen molar-refractivity contribution in [3.63, 3.8) is 0 Å². The van der Waals surface area contributed by atoms with E-state index in [9.17, 15) is 8.42 Å². The molecule has 0 aromatic heterocycles. The summed E-state index contributed by atoms with van der Waals surface area (Å²) in [6.07, 6.45) is 0. The fourth-order valence-electron chi connectivity index (χ4n) is 0.185. The van der Waals surface area contributed by atoms with Crippen LogP contribution >= 0.6 is 0 Å². The minimum Gasteiger partial charge on any atom is -0.241 e. The van der Waals surface area contributed by atoms with E-state index in [1.807, 2.05) is 0 Å². The summed E-state index contributed by atoms with van der Waals surface area (Å²) in [5.74, 6) is 0. The molecule has 2 unspecified atom stereocenters. The first-order valence-electron chi connectivity index (χ1n) is 1.49. The molecule has 42 valence electrons. The van der Waals surface area contributed by atoms with Crippen molar-refractivity contribution >= 4 is 17.5 Å². The summed E-state index contributed by atoms with van der Waals surface area (Å²) in [5.41, 5.74) is 0. The summed E-state index contributed by atoms with van der Waals surface area (Å²) < 4.78 is 33.3. The maximum atomic E-state index is 10.2. The van der Waals surface area contributed by atoms with Gasteiger partial charge in [-0.15, -0.1) is 0 Å². The lowest BCUT2D eigenvalue weighted by molar-refractivity contribution is 0.681. The quantitative estimate of drug-likeness (QED) is 0.366. The van der Waals surface area contributed by atoms with Gasteiger partial charge in [-0.3, -0.25) is 0 Å². The van der Waals surface area contributed by atoms with Gasteiger partial charge in [0, 0.05) is 0 Å². The molecule has 0 bridgehead atoms. The average molecular weight is 140 g/mol. The fraction of sp³-hybridized carbons (Fsp3) is 1.00. The van der Waals surface area contributed by atoms with Gasteiger partial charge in [0.25, 0.3) is 0 Å². The Kier molecular flexibility index (Phi) is 0.614. The molecule has 0 spiro atoms. The second kappa shape index (κ2) is 0.851. The molecule has 0 aliphatic carbocycles. The summed E-state index contributed by atoms with van der Waals surface area (Å²) in [7, 11) is -5.80. The van der Waals surface area contributed by atoms with Crippen LogP contribution in [0.25, 0.3) is 0 Å². The first-order valence-corrected chi connectivity index (χ1v) is 5.46. The van der Waals surface area contributed by atoms with E-state index in [2.05, 4.69) is 0 Å². The first-order chi connectivity index (χ1) is 2.96. The highest BCUT2D eigenvalue weighted by Gasteiger charge is 2.41. The van der Waals surface area contributed by atoms with Gasteiger partial charge >= 0.3 is 0 Å². The van der Waals surface area contributed by atoms with Gasteiger partial charge in [-0.25, -0.2) is 18.0 Å². The maximum Gasteiger partial charge on any atom is 0.146 e. The summed E-state index contributed by atoms with van der Waals surface area (Å²) in [4.78, 5) is 0. The van der Waals surface area contributed by atoms with Crippen LogP contribution < -0.4 is 0 Å². The molecule has 2 N–H and O–H groups in total. The van der Waals surface area contributed by atoms with Crippen molar-refractivity contribution in [2.24, 2.45) is 0 Å². The van der Waals surface area contributed by atoms with Crippen LogP contribution in [0.5, 0.6) is 0 Å². The van der Waals surface area contributed by atoms with Gasteiger partial charge < -0.3 is 0 Å². The van der Waals surface area contributed by atoms with Crippen molar-refractivity contribution < 1.29 is 8.42 Å². The lowest BCUT2D eigenvalue weighted by atomic mass is 11.9. The van der Waals surface area contributed by atoms with Crippen LogP contribution in [0.4, 0.5) is 0 Å². The van der Waals surface area contributed by atoms with Gasteiger partial charge in [-0.05, 0) is 0 Å². The van der Waals surface area contributed by atoms with Crippen LogP contribution in [0, 0.1) is 9.56 Å². The molecule has 1 aliphatic heterocycles. The molecule has 0 radical (unpaired) electrons. The topological polar surface area (TPSA) is 81.8 Å². The lowest BCUT2D eigenvalue weighted by Gasteiger charge is -1.59. The summed E-state index contributed by atoms with van der Waals surface area (Å²) in [6.45, 7) is 0. The highest BCUT2D eigenvalue weighted by Crippen LogP contribution is 2.24. The predicted octanol–water partition coefficient (Wildman–Crippen LogP) is -0.0340. The van der Waals surface area contributed by atoms with Gasteiger partial charge in [0.05, 0.1) is 0 Å². The van der Waals surface area contributed by atoms with E-state index in [0.29, 0.717) is 0 Å². The zero-order valence-corrected chi connectivity index (χ0v) is 4.97. The molecule has 1 fully saturated rings. The summed E-state index contributed by atoms with van der Waals surface area (Å²) in [5, 5.41) is -0.208. The van der Waals surface area contributed by atoms with E-state index >= 15 is 0 Å². The van der Waals surface area contributed by atoms with Gasteiger partial charge in [0.2, 0.25) is 0 Å². The third kappa shape index (κ3) is 0.539. The van der Waals surface area contributed by atoms with Gasteiger partial charge in [0.15, 0.2) is 0 Å². The average Bonchev–Trinajstić information content (AvgIpc) is 1.63. The summed E-state index contributed by atoms with van der Waals surface area (Å²) >= 11 is 0. The van der Waals surface area contributed by atoms with E-state index in [0.717, 1.165) is 0 Å². The molecule has 1 heterocycles. The van der Waals surface area contributed by atoms with Crippen LogP contribution in [0.1, 0.15) is 0 Å².